The summed E-state index contributed by atoms with van der Waals surface area (Å²) in [6.07, 6.45) is 0. The minimum atomic E-state index is -0.778. The Hall–Kier alpha value is -1.59. The van der Waals surface area contributed by atoms with E-state index in [4.69, 9.17) is 5.73 Å². The molecule has 0 spiro atoms. The molecule has 6 heteroatoms. The summed E-state index contributed by atoms with van der Waals surface area (Å²) in [7, 11) is 1.26. The average molecular weight is 273 g/mol. The summed E-state index contributed by atoms with van der Waals surface area (Å²) >= 11 is 0. The van der Waals surface area contributed by atoms with E-state index in [1.54, 1.807) is 12.1 Å². The van der Waals surface area contributed by atoms with Crippen molar-refractivity contribution < 1.29 is 14.3 Å². The van der Waals surface area contributed by atoms with Gasteiger partial charge in [-0.15, -0.1) is 12.4 Å². The van der Waals surface area contributed by atoms with Crippen molar-refractivity contribution in [2.75, 3.05) is 13.7 Å². The second kappa shape index (κ2) is 7.68. The summed E-state index contributed by atoms with van der Waals surface area (Å²) in [4.78, 5) is 22.4. The van der Waals surface area contributed by atoms with E-state index < -0.39 is 17.9 Å². The lowest BCUT2D eigenvalue weighted by Crippen LogP contribution is -2.37. The molecule has 0 bridgehead atoms. The molecule has 1 rings (SSSR count). The predicted molar refractivity (Wildman–Crippen MR) is 70.4 cm³/mol. The third-order valence-corrected chi connectivity index (χ3v) is 2.35. The lowest BCUT2D eigenvalue weighted by molar-refractivity contribution is -0.141. The zero-order chi connectivity index (χ0) is 12.8. The van der Waals surface area contributed by atoms with Gasteiger partial charge >= 0.3 is 5.97 Å². The minimum Gasteiger partial charge on any atom is -0.468 e. The van der Waals surface area contributed by atoms with Crippen molar-refractivity contribution in [1.29, 1.82) is 0 Å². The van der Waals surface area contributed by atoms with Crippen LogP contribution >= 0.6 is 12.4 Å². The maximum absolute atomic E-state index is 11.6. The van der Waals surface area contributed by atoms with E-state index in [1.165, 1.54) is 7.11 Å². The van der Waals surface area contributed by atoms with Crippen LogP contribution in [0.25, 0.3) is 0 Å². The number of carbonyl (C=O) groups is 2. The van der Waals surface area contributed by atoms with Gasteiger partial charge in [0, 0.05) is 0 Å². The van der Waals surface area contributed by atoms with Crippen molar-refractivity contribution >= 4 is 24.3 Å². The monoisotopic (exact) mass is 272 g/mol. The highest BCUT2D eigenvalue weighted by molar-refractivity contribution is 5.86. The molecule has 0 heterocycles. The van der Waals surface area contributed by atoms with Crippen molar-refractivity contribution in [3.05, 3.63) is 35.4 Å². The first-order valence-electron chi connectivity index (χ1n) is 5.21. The zero-order valence-corrected chi connectivity index (χ0v) is 11.1. The number of nitrogens with one attached hydrogen (secondary N) is 1. The highest BCUT2D eigenvalue weighted by atomic mass is 35.5. The molecule has 0 saturated heterocycles. The van der Waals surface area contributed by atoms with Crippen LogP contribution in [0.4, 0.5) is 0 Å². The number of ether oxygens (including phenoxy) is 1. The Labute approximate surface area is 112 Å². The Morgan fingerprint density at radius 1 is 1.33 bits per heavy atom. The lowest BCUT2D eigenvalue weighted by Gasteiger charge is -2.12. The number of methoxy groups -OCH3 is 1. The van der Waals surface area contributed by atoms with Gasteiger partial charge in [-0.3, -0.25) is 9.59 Å². The van der Waals surface area contributed by atoms with Gasteiger partial charge < -0.3 is 15.8 Å². The summed E-state index contributed by atoms with van der Waals surface area (Å²) < 4.78 is 4.41. The summed E-state index contributed by atoms with van der Waals surface area (Å²) in [5, 5.41) is 2.41. The maximum Gasteiger partial charge on any atom is 0.325 e. The van der Waals surface area contributed by atoms with E-state index >= 15 is 0 Å². The van der Waals surface area contributed by atoms with Gasteiger partial charge in [-0.2, -0.15) is 0 Å². The number of halogens is 1. The number of hydrogen-bond donors (Lipinski definition) is 2. The quantitative estimate of drug-likeness (QED) is 0.791. The molecule has 1 aromatic rings. The van der Waals surface area contributed by atoms with Gasteiger partial charge in [0.25, 0.3) is 0 Å². The van der Waals surface area contributed by atoms with Crippen LogP contribution in [-0.4, -0.2) is 25.5 Å². The average Bonchev–Trinajstić information content (AvgIpc) is 2.35. The number of hydrogen-bond acceptors (Lipinski definition) is 4. The highest BCUT2D eigenvalue weighted by Crippen LogP contribution is 2.11. The van der Waals surface area contributed by atoms with Crippen molar-refractivity contribution in [3.8, 4) is 0 Å². The van der Waals surface area contributed by atoms with Crippen molar-refractivity contribution in [2.45, 2.75) is 13.0 Å². The fourth-order valence-electron chi connectivity index (χ4n) is 1.27. The molecule has 0 aromatic heterocycles. The van der Waals surface area contributed by atoms with Crippen LogP contribution in [0.3, 0.4) is 0 Å². The molecule has 1 aromatic carbocycles. The molecular formula is C12H17ClN2O3. The molecule has 100 valence electrons. The first kappa shape index (κ1) is 16.4. The molecule has 1 amide bonds. The van der Waals surface area contributed by atoms with Gasteiger partial charge in [0.1, 0.15) is 12.6 Å². The molecule has 0 saturated carbocycles. The van der Waals surface area contributed by atoms with Gasteiger partial charge in [-0.1, -0.05) is 29.8 Å². The van der Waals surface area contributed by atoms with E-state index in [0.29, 0.717) is 5.56 Å². The van der Waals surface area contributed by atoms with Gasteiger partial charge in [0.15, 0.2) is 0 Å². The largest absolute Gasteiger partial charge is 0.468 e. The van der Waals surface area contributed by atoms with Crippen LogP contribution in [0.15, 0.2) is 24.3 Å². The molecule has 1 unspecified atom stereocenters. The first-order valence-corrected chi connectivity index (χ1v) is 5.21. The molecule has 0 fully saturated rings. The molecule has 18 heavy (non-hydrogen) atoms. The first-order chi connectivity index (χ1) is 8.04. The predicted octanol–water partition coefficient (Wildman–Crippen LogP) is 0.706. The van der Waals surface area contributed by atoms with E-state index in [2.05, 4.69) is 10.1 Å². The number of rotatable bonds is 4. The van der Waals surface area contributed by atoms with E-state index in [1.807, 2.05) is 19.1 Å². The number of esters is 1. The van der Waals surface area contributed by atoms with Gasteiger partial charge in [0.05, 0.1) is 7.11 Å². The topological polar surface area (TPSA) is 81.4 Å². The Bertz CT molecular complexity index is 406. The normalized spacial score (nSPS) is 11.1. The summed E-state index contributed by atoms with van der Waals surface area (Å²) in [5.74, 6) is -0.909. The molecule has 3 N–H and O–H groups in total. The van der Waals surface area contributed by atoms with Crippen molar-refractivity contribution in [1.82, 2.24) is 5.32 Å². The summed E-state index contributed by atoms with van der Waals surface area (Å²) in [5.41, 5.74) is 7.55. The number of amides is 1. The van der Waals surface area contributed by atoms with Crippen LogP contribution in [0.2, 0.25) is 0 Å². The minimum absolute atomic E-state index is 0. The SMILES string of the molecule is COC(=O)CNC(=O)C(N)c1ccc(C)cc1.Cl. The van der Waals surface area contributed by atoms with Crippen LogP contribution in [0.5, 0.6) is 0 Å². The second-order valence-electron chi connectivity index (χ2n) is 3.68. The fraction of sp³-hybridized carbons (Fsp3) is 0.333. The van der Waals surface area contributed by atoms with Gasteiger partial charge in [-0.05, 0) is 12.5 Å². The maximum atomic E-state index is 11.6. The van der Waals surface area contributed by atoms with Gasteiger partial charge in [0.2, 0.25) is 5.91 Å². The van der Waals surface area contributed by atoms with Crippen LogP contribution < -0.4 is 11.1 Å². The Morgan fingerprint density at radius 2 is 1.89 bits per heavy atom. The molecule has 0 radical (unpaired) electrons. The van der Waals surface area contributed by atoms with E-state index in [-0.39, 0.29) is 19.0 Å². The summed E-state index contributed by atoms with van der Waals surface area (Å²) in [6.45, 7) is 1.78. The third-order valence-electron chi connectivity index (χ3n) is 2.35. The summed E-state index contributed by atoms with van der Waals surface area (Å²) in [6, 6.07) is 6.56. The molecule has 0 aliphatic rings. The molecule has 0 aliphatic carbocycles. The standard InChI is InChI=1S/C12H16N2O3.ClH/c1-8-3-5-9(6-4-8)11(13)12(16)14-7-10(15)17-2;/h3-6,11H,7,13H2,1-2H3,(H,14,16);1H. The number of carbonyl (C=O) groups excluding carboxylic acids is 2. The Kier molecular flexibility index (Phi) is 7.00. The van der Waals surface area contributed by atoms with Crippen LogP contribution in [0, 0.1) is 6.92 Å². The molecule has 5 nitrogen and oxygen atoms in total. The zero-order valence-electron chi connectivity index (χ0n) is 10.3. The fourth-order valence-corrected chi connectivity index (χ4v) is 1.27. The molecule has 1 atom stereocenters. The molecular weight excluding hydrogens is 256 g/mol. The van der Waals surface area contributed by atoms with Crippen molar-refractivity contribution in [2.24, 2.45) is 5.73 Å². The van der Waals surface area contributed by atoms with E-state index in [0.717, 1.165) is 5.56 Å². The van der Waals surface area contributed by atoms with Crippen LogP contribution in [0.1, 0.15) is 17.2 Å². The Morgan fingerprint density at radius 3 is 2.39 bits per heavy atom. The van der Waals surface area contributed by atoms with Crippen molar-refractivity contribution in [3.63, 3.8) is 0 Å². The van der Waals surface area contributed by atoms with Crippen LogP contribution in [-0.2, 0) is 14.3 Å². The highest BCUT2D eigenvalue weighted by Gasteiger charge is 2.16. The lowest BCUT2D eigenvalue weighted by atomic mass is 10.1. The van der Waals surface area contributed by atoms with E-state index in [9.17, 15) is 9.59 Å². The smallest absolute Gasteiger partial charge is 0.325 e. The number of aryl methyl sites for hydroxylation is 1. The molecule has 0 aliphatic heterocycles. The Balaban J connectivity index is 0.00000289. The second-order valence-corrected chi connectivity index (χ2v) is 3.68. The van der Waals surface area contributed by atoms with Gasteiger partial charge in [-0.25, -0.2) is 0 Å². The number of nitrogens with two attached hydrogens (primary N) is 1. The third kappa shape index (κ3) is 4.73. The number of benzene rings is 1.